The minimum atomic E-state index is -2.22. The van der Waals surface area contributed by atoms with Crippen molar-refractivity contribution in [2.75, 3.05) is 0 Å². The Bertz CT molecular complexity index is 767. The number of nitro benzene ring substituents is 2. The predicted octanol–water partition coefficient (Wildman–Crippen LogP) is 1.11. The number of hydrogen-bond donors (Lipinski definition) is 1. The number of non-ortho nitro benzene ring substituents is 1. The standard InChI is InChI=1S/C12H9N5O5/c13-6-12(18,7-15-4-3-14-8-15)10-2-1-9(16(19)20)5-11(10)17(21)22/h1-5,8,18H,7H2. The number of aliphatic hydroxyl groups is 1. The molecule has 0 spiro atoms. The van der Waals surface area contributed by atoms with E-state index < -0.39 is 26.8 Å². The quantitative estimate of drug-likeness (QED) is 0.494. The highest BCUT2D eigenvalue weighted by Gasteiger charge is 2.37. The third-order valence-corrected chi connectivity index (χ3v) is 2.99. The highest BCUT2D eigenvalue weighted by molar-refractivity contribution is 5.53. The van der Waals surface area contributed by atoms with Gasteiger partial charge in [0.25, 0.3) is 11.4 Å². The number of hydrogen-bond acceptors (Lipinski definition) is 7. The van der Waals surface area contributed by atoms with Gasteiger partial charge >= 0.3 is 0 Å². The van der Waals surface area contributed by atoms with E-state index in [9.17, 15) is 30.6 Å². The van der Waals surface area contributed by atoms with Gasteiger partial charge in [-0.2, -0.15) is 5.26 Å². The lowest BCUT2D eigenvalue weighted by Gasteiger charge is -2.20. The fourth-order valence-corrected chi connectivity index (χ4v) is 1.96. The van der Waals surface area contributed by atoms with Crippen LogP contribution in [0.4, 0.5) is 11.4 Å². The van der Waals surface area contributed by atoms with Gasteiger partial charge in [-0.15, -0.1) is 0 Å². The minimum absolute atomic E-state index is 0.303. The molecule has 0 radical (unpaired) electrons. The molecule has 0 aliphatic carbocycles. The second kappa shape index (κ2) is 5.58. The van der Waals surface area contributed by atoms with Crippen molar-refractivity contribution in [1.29, 1.82) is 5.26 Å². The monoisotopic (exact) mass is 303 g/mol. The molecule has 112 valence electrons. The van der Waals surface area contributed by atoms with Gasteiger partial charge in [-0.05, 0) is 6.07 Å². The molecule has 1 atom stereocenters. The number of nitrogens with zero attached hydrogens (tertiary/aromatic N) is 5. The zero-order chi connectivity index (χ0) is 16.3. The lowest BCUT2D eigenvalue weighted by atomic mass is 9.93. The maximum absolute atomic E-state index is 11.1. The number of nitriles is 1. The van der Waals surface area contributed by atoms with E-state index in [1.807, 2.05) is 0 Å². The van der Waals surface area contributed by atoms with Gasteiger partial charge in [0.15, 0.2) is 0 Å². The molecule has 2 aromatic rings. The van der Waals surface area contributed by atoms with Crippen molar-refractivity contribution in [1.82, 2.24) is 9.55 Å². The molecule has 0 bridgehead atoms. The van der Waals surface area contributed by atoms with Crippen LogP contribution in [0, 0.1) is 31.6 Å². The molecule has 10 heteroatoms. The van der Waals surface area contributed by atoms with Crippen LogP contribution in [0.5, 0.6) is 0 Å². The molecule has 0 fully saturated rings. The maximum Gasteiger partial charge on any atom is 0.283 e. The zero-order valence-corrected chi connectivity index (χ0v) is 11.0. The normalized spacial score (nSPS) is 13.1. The molecule has 1 N–H and O–H groups in total. The van der Waals surface area contributed by atoms with Crippen molar-refractivity contribution in [3.8, 4) is 6.07 Å². The Morgan fingerprint density at radius 3 is 2.59 bits per heavy atom. The summed E-state index contributed by atoms with van der Waals surface area (Å²) in [6.45, 7) is -0.303. The van der Waals surface area contributed by atoms with E-state index >= 15 is 0 Å². The average Bonchev–Trinajstić information content (AvgIpc) is 2.99. The van der Waals surface area contributed by atoms with E-state index in [1.54, 1.807) is 6.07 Å². The van der Waals surface area contributed by atoms with Crippen LogP contribution < -0.4 is 0 Å². The van der Waals surface area contributed by atoms with Gasteiger partial charge in [-0.25, -0.2) is 4.98 Å². The molecule has 2 rings (SSSR count). The van der Waals surface area contributed by atoms with Crippen LogP contribution in [-0.2, 0) is 12.1 Å². The van der Waals surface area contributed by atoms with Crippen LogP contribution in [0.3, 0.4) is 0 Å². The Balaban J connectivity index is 2.55. The Morgan fingerprint density at radius 1 is 1.36 bits per heavy atom. The fourth-order valence-electron chi connectivity index (χ4n) is 1.96. The van der Waals surface area contributed by atoms with Crippen molar-refractivity contribution < 1.29 is 15.0 Å². The number of aromatic nitrogens is 2. The number of nitro groups is 2. The molecule has 1 aromatic carbocycles. The van der Waals surface area contributed by atoms with Crippen LogP contribution in [0.2, 0.25) is 0 Å². The van der Waals surface area contributed by atoms with Gasteiger partial charge in [0.2, 0.25) is 5.60 Å². The van der Waals surface area contributed by atoms with Gasteiger partial charge < -0.3 is 9.67 Å². The number of imidazole rings is 1. The summed E-state index contributed by atoms with van der Waals surface area (Å²) in [5, 5.41) is 41.5. The Hall–Kier alpha value is -3.32. The Morgan fingerprint density at radius 2 is 2.09 bits per heavy atom. The SMILES string of the molecule is N#CC(O)(Cn1ccnc1)c1ccc([N+](=O)[O-])cc1[N+](=O)[O-]. The summed E-state index contributed by atoms with van der Waals surface area (Å²) < 4.78 is 1.37. The molecule has 1 heterocycles. The van der Waals surface area contributed by atoms with Crippen molar-refractivity contribution >= 4 is 11.4 Å². The van der Waals surface area contributed by atoms with Crippen molar-refractivity contribution in [3.05, 3.63) is 62.7 Å². The van der Waals surface area contributed by atoms with E-state index in [1.165, 1.54) is 23.3 Å². The summed E-state index contributed by atoms with van der Waals surface area (Å²) in [7, 11) is 0. The van der Waals surface area contributed by atoms with Gasteiger partial charge in [-0.3, -0.25) is 20.2 Å². The maximum atomic E-state index is 11.1. The van der Waals surface area contributed by atoms with Crippen LogP contribution in [0.15, 0.2) is 36.9 Å². The van der Waals surface area contributed by atoms with Crippen LogP contribution in [0.25, 0.3) is 0 Å². The molecular weight excluding hydrogens is 294 g/mol. The second-order valence-electron chi connectivity index (χ2n) is 4.42. The summed E-state index contributed by atoms with van der Waals surface area (Å²) in [6, 6.07) is 4.33. The molecule has 1 aromatic heterocycles. The first-order chi connectivity index (χ1) is 10.4. The predicted molar refractivity (Wildman–Crippen MR) is 71.5 cm³/mol. The molecule has 22 heavy (non-hydrogen) atoms. The van der Waals surface area contributed by atoms with Crippen molar-refractivity contribution in [2.45, 2.75) is 12.1 Å². The van der Waals surface area contributed by atoms with Crippen LogP contribution >= 0.6 is 0 Å². The fraction of sp³-hybridized carbons (Fsp3) is 0.167. The minimum Gasteiger partial charge on any atom is -0.370 e. The van der Waals surface area contributed by atoms with Crippen molar-refractivity contribution in [2.24, 2.45) is 0 Å². The summed E-state index contributed by atoms with van der Waals surface area (Å²) >= 11 is 0. The summed E-state index contributed by atoms with van der Waals surface area (Å²) in [5.74, 6) is 0. The van der Waals surface area contributed by atoms with E-state index in [4.69, 9.17) is 0 Å². The van der Waals surface area contributed by atoms with E-state index in [2.05, 4.69) is 4.98 Å². The lowest BCUT2D eigenvalue weighted by molar-refractivity contribution is -0.395. The molecule has 1 unspecified atom stereocenters. The van der Waals surface area contributed by atoms with E-state index in [-0.39, 0.29) is 12.1 Å². The smallest absolute Gasteiger partial charge is 0.283 e. The number of rotatable bonds is 5. The molecule has 0 amide bonds. The molecular formula is C12H9N5O5. The highest BCUT2D eigenvalue weighted by atomic mass is 16.6. The largest absolute Gasteiger partial charge is 0.370 e. The third-order valence-electron chi connectivity index (χ3n) is 2.99. The van der Waals surface area contributed by atoms with E-state index in [0.717, 1.165) is 12.1 Å². The third kappa shape index (κ3) is 2.74. The van der Waals surface area contributed by atoms with Gasteiger partial charge in [0.05, 0.1) is 34.3 Å². The van der Waals surface area contributed by atoms with Gasteiger partial charge in [0.1, 0.15) is 6.07 Å². The molecule has 0 aliphatic rings. The van der Waals surface area contributed by atoms with Crippen molar-refractivity contribution in [3.63, 3.8) is 0 Å². The average molecular weight is 303 g/mol. The second-order valence-corrected chi connectivity index (χ2v) is 4.42. The first-order valence-corrected chi connectivity index (χ1v) is 5.90. The Kier molecular flexibility index (Phi) is 3.83. The Labute approximate surface area is 123 Å². The first kappa shape index (κ1) is 15.1. The van der Waals surface area contributed by atoms with Gasteiger partial charge in [-0.1, -0.05) is 0 Å². The molecule has 10 nitrogen and oxygen atoms in total. The molecule has 0 aliphatic heterocycles. The van der Waals surface area contributed by atoms with Crippen LogP contribution in [-0.4, -0.2) is 24.5 Å². The summed E-state index contributed by atoms with van der Waals surface area (Å²) in [4.78, 5) is 23.9. The summed E-state index contributed by atoms with van der Waals surface area (Å²) in [5.41, 5.74) is -3.74. The van der Waals surface area contributed by atoms with E-state index in [0.29, 0.717) is 6.07 Å². The number of benzene rings is 1. The molecule has 0 saturated carbocycles. The lowest BCUT2D eigenvalue weighted by Crippen LogP contribution is -2.30. The summed E-state index contributed by atoms with van der Waals surface area (Å²) in [6.07, 6.45) is 4.22. The first-order valence-electron chi connectivity index (χ1n) is 5.90. The molecule has 0 saturated heterocycles. The topological polar surface area (TPSA) is 148 Å². The van der Waals surface area contributed by atoms with Gasteiger partial charge in [0, 0.05) is 18.5 Å². The van der Waals surface area contributed by atoms with Crippen LogP contribution in [0.1, 0.15) is 5.56 Å². The zero-order valence-electron chi connectivity index (χ0n) is 11.0. The highest BCUT2D eigenvalue weighted by Crippen LogP contribution is 2.33.